The molecule has 0 saturated heterocycles. The smallest absolute Gasteiger partial charge is 0.0107 e. The average Bonchev–Trinajstić information content (AvgIpc) is 3.00. The number of thioether (sulfide) groups is 1. The highest BCUT2D eigenvalue weighted by Gasteiger charge is 2.34. The lowest BCUT2D eigenvalue weighted by molar-refractivity contribution is 0.574. The van der Waals surface area contributed by atoms with Crippen molar-refractivity contribution in [2.75, 3.05) is 5.75 Å². The molecular formula is C12H14S. The normalized spacial score (nSPS) is 26.9. The van der Waals surface area contributed by atoms with Crippen LogP contribution in [0.25, 0.3) is 0 Å². The van der Waals surface area contributed by atoms with Gasteiger partial charge in [-0.2, -0.15) is 0 Å². The fourth-order valence-corrected chi connectivity index (χ4v) is 3.51. The second kappa shape index (κ2) is 3.06. The average molecular weight is 190 g/mol. The zero-order valence-corrected chi connectivity index (χ0v) is 8.52. The molecule has 1 atom stereocenters. The van der Waals surface area contributed by atoms with Crippen molar-refractivity contribution in [3.63, 3.8) is 0 Å². The number of fused-ring (bicyclic) bond motifs is 1. The second-order valence-corrected chi connectivity index (χ2v) is 5.26. The molecule has 0 radical (unpaired) electrons. The molecule has 0 aromatic heterocycles. The monoisotopic (exact) mass is 190 g/mol. The molecule has 68 valence electrons. The molecule has 1 heterocycles. The first kappa shape index (κ1) is 7.93. The molecule has 1 aliphatic heterocycles. The minimum Gasteiger partial charge on any atom is -0.126 e. The van der Waals surface area contributed by atoms with Crippen LogP contribution in [-0.4, -0.2) is 5.75 Å². The van der Waals surface area contributed by atoms with E-state index in [1.807, 2.05) is 11.8 Å². The Balaban J connectivity index is 2.00. The summed E-state index contributed by atoms with van der Waals surface area (Å²) in [5.41, 5.74) is 1.64. The lowest BCUT2D eigenvalue weighted by atomic mass is 9.91. The molecular weight excluding hydrogens is 176 g/mol. The van der Waals surface area contributed by atoms with Gasteiger partial charge >= 0.3 is 0 Å². The van der Waals surface area contributed by atoms with Gasteiger partial charge in [-0.15, -0.1) is 11.8 Å². The summed E-state index contributed by atoms with van der Waals surface area (Å²) in [5.74, 6) is 3.26. The molecule has 1 aromatic carbocycles. The van der Waals surface area contributed by atoms with Gasteiger partial charge in [0.2, 0.25) is 0 Å². The zero-order chi connectivity index (χ0) is 8.67. The van der Waals surface area contributed by atoms with Crippen molar-refractivity contribution in [2.24, 2.45) is 5.92 Å². The van der Waals surface area contributed by atoms with E-state index in [9.17, 15) is 0 Å². The Labute approximate surface area is 83.7 Å². The van der Waals surface area contributed by atoms with Gasteiger partial charge in [-0.05, 0) is 48.5 Å². The van der Waals surface area contributed by atoms with Crippen LogP contribution in [0.2, 0.25) is 0 Å². The lowest BCUT2D eigenvalue weighted by Crippen LogP contribution is -2.08. The van der Waals surface area contributed by atoms with Crippen molar-refractivity contribution in [3.8, 4) is 0 Å². The van der Waals surface area contributed by atoms with Crippen molar-refractivity contribution in [1.82, 2.24) is 0 Å². The Hall–Kier alpha value is -0.430. The number of hydrogen-bond acceptors (Lipinski definition) is 1. The molecule has 1 aromatic rings. The number of benzene rings is 1. The Morgan fingerprint density at radius 1 is 1.08 bits per heavy atom. The molecule has 0 N–H and O–H groups in total. The van der Waals surface area contributed by atoms with Crippen molar-refractivity contribution >= 4 is 11.8 Å². The van der Waals surface area contributed by atoms with Crippen LogP contribution in [0, 0.1) is 5.92 Å². The minimum absolute atomic E-state index is 0.900. The van der Waals surface area contributed by atoms with Crippen molar-refractivity contribution in [2.45, 2.75) is 30.1 Å². The van der Waals surface area contributed by atoms with Gasteiger partial charge in [0.1, 0.15) is 0 Å². The minimum atomic E-state index is 0.900. The first-order chi connectivity index (χ1) is 6.45. The first-order valence-electron chi connectivity index (χ1n) is 5.17. The van der Waals surface area contributed by atoms with Gasteiger partial charge in [-0.25, -0.2) is 0 Å². The van der Waals surface area contributed by atoms with Crippen LogP contribution in [0.1, 0.15) is 30.7 Å². The van der Waals surface area contributed by atoms with Gasteiger partial charge < -0.3 is 0 Å². The number of rotatable bonds is 1. The van der Waals surface area contributed by atoms with Gasteiger partial charge in [0, 0.05) is 4.90 Å². The Morgan fingerprint density at radius 3 is 2.77 bits per heavy atom. The summed E-state index contributed by atoms with van der Waals surface area (Å²) in [6.07, 6.45) is 4.36. The van der Waals surface area contributed by atoms with E-state index in [1.54, 1.807) is 10.5 Å². The van der Waals surface area contributed by atoms with Gasteiger partial charge in [0.25, 0.3) is 0 Å². The molecule has 2 aliphatic rings. The summed E-state index contributed by atoms with van der Waals surface area (Å²) >= 11 is 2.04. The fourth-order valence-electron chi connectivity index (χ4n) is 2.36. The number of hydrogen-bond donors (Lipinski definition) is 0. The van der Waals surface area contributed by atoms with Crippen LogP contribution in [-0.2, 0) is 0 Å². The van der Waals surface area contributed by atoms with E-state index in [2.05, 4.69) is 24.3 Å². The molecule has 0 nitrogen and oxygen atoms in total. The lowest BCUT2D eigenvalue weighted by Gasteiger charge is -2.24. The van der Waals surface area contributed by atoms with E-state index < -0.39 is 0 Å². The van der Waals surface area contributed by atoms with E-state index in [-0.39, 0.29) is 0 Å². The third-order valence-electron chi connectivity index (χ3n) is 3.20. The summed E-state index contributed by atoms with van der Waals surface area (Å²) in [6, 6.07) is 8.99. The van der Waals surface area contributed by atoms with Crippen molar-refractivity contribution in [3.05, 3.63) is 29.8 Å². The molecule has 1 unspecified atom stereocenters. The maximum atomic E-state index is 2.34. The van der Waals surface area contributed by atoms with Crippen LogP contribution in [0.3, 0.4) is 0 Å². The van der Waals surface area contributed by atoms with E-state index in [1.165, 1.54) is 25.0 Å². The molecule has 3 rings (SSSR count). The molecule has 1 fully saturated rings. The van der Waals surface area contributed by atoms with E-state index in [4.69, 9.17) is 0 Å². The standard InChI is InChI=1S/C12H14S/c1-2-4-12-11(3-1)10(7-8-13-12)9-5-6-9/h1-4,9-10H,5-8H2. The van der Waals surface area contributed by atoms with Crippen LogP contribution in [0.5, 0.6) is 0 Å². The summed E-state index contributed by atoms with van der Waals surface area (Å²) in [5, 5.41) is 0. The molecule has 1 saturated carbocycles. The second-order valence-electron chi connectivity index (χ2n) is 4.12. The molecule has 0 spiro atoms. The van der Waals surface area contributed by atoms with Crippen LogP contribution < -0.4 is 0 Å². The molecule has 0 bridgehead atoms. The molecule has 1 heteroatoms. The SMILES string of the molecule is c1ccc2c(c1)SCCC2C1CC1. The van der Waals surface area contributed by atoms with E-state index >= 15 is 0 Å². The highest BCUT2D eigenvalue weighted by molar-refractivity contribution is 7.99. The molecule has 0 amide bonds. The molecule has 13 heavy (non-hydrogen) atoms. The van der Waals surface area contributed by atoms with Crippen molar-refractivity contribution in [1.29, 1.82) is 0 Å². The third kappa shape index (κ3) is 1.39. The fraction of sp³-hybridized carbons (Fsp3) is 0.500. The van der Waals surface area contributed by atoms with Crippen molar-refractivity contribution < 1.29 is 0 Å². The first-order valence-corrected chi connectivity index (χ1v) is 6.15. The maximum Gasteiger partial charge on any atom is 0.0107 e. The third-order valence-corrected chi connectivity index (χ3v) is 4.32. The highest BCUT2D eigenvalue weighted by Crippen LogP contribution is 2.49. The van der Waals surface area contributed by atoms with Crippen LogP contribution in [0.15, 0.2) is 29.2 Å². The summed E-state index contributed by atoms with van der Waals surface area (Å²) in [7, 11) is 0. The quantitative estimate of drug-likeness (QED) is 0.651. The summed E-state index contributed by atoms with van der Waals surface area (Å²) in [4.78, 5) is 1.55. The van der Waals surface area contributed by atoms with E-state index in [0.717, 1.165) is 11.8 Å². The summed E-state index contributed by atoms with van der Waals surface area (Å²) < 4.78 is 0. The highest BCUT2D eigenvalue weighted by atomic mass is 32.2. The predicted octanol–water partition coefficient (Wildman–Crippen LogP) is 3.68. The largest absolute Gasteiger partial charge is 0.126 e. The Kier molecular flexibility index (Phi) is 1.86. The van der Waals surface area contributed by atoms with Crippen LogP contribution in [0.4, 0.5) is 0 Å². The van der Waals surface area contributed by atoms with Gasteiger partial charge in [0.05, 0.1) is 0 Å². The topological polar surface area (TPSA) is 0 Å². The van der Waals surface area contributed by atoms with Crippen LogP contribution >= 0.6 is 11.8 Å². The van der Waals surface area contributed by atoms with Gasteiger partial charge in [0.15, 0.2) is 0 Å². The zero-order valence-electron chi connectivity index (χ0n) is 7.70. The maximum absolute atomic E-state index is 2.34. The van der Waals surface area contributed by atoms with E-state index in [0.29, 0.717) is 0 Å². The Bertz CT molecular complexity index is 315. The predicted molar refractivity (Wildman–Crippen MR) is 57.2 cm³/mol. The van der Waals surface area contributed by atoms with Gasteiger partial charge in [-0.1, -0.05) is 18.2 Å². The van der Waals surface area contributed by atoms with Gasteiger partial charge in [-0.3, -0.25) is 0 Å². The Morgan fingerprint density at radius 2 is 1.92 bits per heavy atom. The molecule has 1 aliphatic carbocycles. The summed E-state index contributed by atoms with van der Waals surface area (Å²) in [6.45, 7) is 0.